The predicted molar refractivity (Wildman–Crippen MR) is 141 cm³/mol. The smallest absolute Gasteiger partial charge is 0.379 e. The van der Waals surface area contributed by atoms with Crippen molar-refractivity contribution in [3.63, 3.8) is 0 Å². The van der Waals surface area contributed by atoms with E-state index in [1.54, 1.807) is 0 Å². The van der Waals surface area contributed by atoms with Crippen molar-refractivity contribution in [1.82, 2.24) is 0 Å². The highest BCUT2D eigenvalue weighted by Gasteiger charge is 2.24. The summed E-state index contributed by atoms with van der Waals surface area (Å²) >= 11 is 0. The third-order valence-electron chi connectivity index (χ3n) is 5.79. The highest BCUT2D eigenvalue weighted by atomic mass is 31.2. The van der Waals surface area contributed by atoms with Gasteiger partial charge in [-0.05, 0) is 13.3 Å². The minimum atomic E-state index is -4.08. The molecule has 206 valence electrons. The van der Waals surface area contributed by atoms with Gasteiger partial charge in [0.1, 0.15) is 19.3 Å². The largest absolute Gasteiger partial charge is 0.472 e. The number of likely N-dealkylation sites (N-methyl/N-ethyl adjacent to an activating group) is 1. The Labute approximate surface area is 211 Å². The zero-order valence-electron chi connectivity index (χ0n) is 23.1. The van der Waals surface area contributed by atoms with Crippen LogP contribution in [0.1, 0.15) is 104 Å². The van der Waals surface area contributed by atoms with Crippen LogP contribution in [0, 0.1) is 0 Å². The fourth-order valence-corrected chi connectivity index (χ4v) is 4.38. The number of hydrogen-bond donors (Lipinski definition) is 1. The molecular weight excluding hydrogens is 453 g/mol. The molecule has 0 radical (unpaired) electrons. The van der Waals surface area contributed by atoms with Gasteiger partial charge < -0.3 is 18.9 Å². The summed E-state index contributed by atoms with van der Waals surface area (Å²) in [6.07, 6.45) is 18.3. The average molecular weight is 511 g/mol. The molecule has 0 aliphatic heterocycles. The fourth-order valence-electron chi connectivity index (χ4n) is 3.64. The van der Waals surface area contributed by atoms with Crippen molar-refractivity contribution in [1.29, 1.82) is 0 Å². The van der Waals surface area contributed by atoms with E-state index in [9.17, 15) is 9.46 Å². The van der Waals surface area contributed by atoms with Crippen LogP contribution in [0.2, 0.25) is 0 Å². The molecule has 8 heteroatoms. The number of ether oxygens (including phenoxy) is 2. The first-order valence-electron chi connectivity index (χ1n) is 13.8. The van der Waals surface area contributed by atoms with Crippen LogP contribution in [0.15, 0.2) is 0 Å². The molecule has 1 N–H and O–H groups in total. The second-order valence-corrected chi connectivity index (χ2v) is 11.8. The minimum absolute atomic E-state index is 0.0231. The summed E-state index contributed by atoms with van der Waals surface area (Å²) in [6.45, 7) is 6.43. The van der Waals surface area contributed by atoms with E-state index in [0.29, 0.717) is 30.8 Å². The molecule has 0 aliphatic rings. The Kier molecular flexibility index (Phi) is 22.2. The van der Waals surface area contributed by atoms with Gasteiger partial charge in [0.2, 0.25) is 0 Å². The summed E-state index contributed by atoms with van der Waals surface area (Å²) in [4.78, 5) is 9.85. The molecule has 0 heterocycles. The molecule has 0 fully saturated rings. The molecule has 7 nitrogen and oxygen atoms in total. The lowest BCUT2D eigenvalue weighted by molar-refractivity contribution is -0.870. The zero-order chi connectivity index (χ0) is 25.5. The Balaban J connectivity index is 3.65. The maximum Gasteiger partial charge on any atom is 0.472 e. The van der Waals surface area contributed by atoms with Crippen LogP contribution in [-0.2, 0) is 23.1 Å². The van der Waals surface area contributed by atoms with Crippen LogP contribution in [-0.4, -0.2) is 76.2 Å². The Bertz CT molecular complexity index is 486. The summed E-state index contributed by atoms with van der Waals surface area (Å²) in [5.41, 5.74) is 0. The van der Waals surface area contributed by atoms with Crippen LogP contribution >= 0.6 is 7.82 Å². The number of phosphoric acid groups is 1. The van der Waals surface area contributed by atoms with Gasteiger partial charge in [0.15, 0.2) is 0 Å². The van der Waals surface area contributed by atoms with Gasteiger partial charge in [-0.3, -0.25) is 9.05 Å². The number of nitrogens with zero attached hydrogens (tertiary/aromatic N) is 1. The summed E-state index contributed by atoms with van der Waals surface area (Å²) in [6, 6.07) is 0. The van der Waals surface area contributed by atoms with Crippen LogP contribution in [0.3, 0.4) is 0 Å². The lowest BCUT2D eigenvalue weighted by atomic mass is 10.0. The van der Waals surface area contributed by atoms with E-state index in [-0.39, 0.29) is 19.3 Å². The first-order chi connectivity index (χ1) is 16.2. The molecule has 1 unspecified atom stereocenters. The highest BCUT2D eigenvalue weighted by molar-refractivity contribution is 7.47. The van der Waals surface area contributed by atoms with Gasteiger partial charge in [0.05, 0.1) is 34.4 Å². The fraction of sp³-hybridized carbons (Fsp3) is 1.00. The van der Waals surface area contributed by atoms with E-state index in [0.717, 1.165) is 6.42 Å². The van der Waals surface area contributed by atoms with Gasteiger partial charge in [-0.15, -0.1) is 0 Å². The quantitative estimate of drug-likeness (QED) is 0.0790. The Morgan fingerprint density at radius 2 is 1.21 bits per heavy atom. The molecule has 0 aromatic rings. The molecule has 0 aliphatic carbocycles. The maximum absolute atomic E-state index is 12.0. The number of hydrogen-bond acceptors (Lipinski definition) is 5. The summed E-state index contributed by atoms with van der Waals surface area (Å²) < 4.78 is 34.2. The minimum Gasteiger partial charge on any atom is -0.379 e. The molecule has 0 bridgehead atoms. The van der Waals surface area contributed by atoms with Crippen LogP contribution < -0.4 is 0 Å². The van der Waals surface area contributed by atoms with Crippen molar-refractivity contribution in [3.05, 3.63) is 0 Å². The molecule has 0 spiro atoms. The predicted octanol–water partition coefficient (Wildman–Crippen LogP) is 6.73. The average Bonchev–Trinajstić information content (AvgIpc) is 2.76. The standard InChI is InChI=1S/C26H56NO6P/c1-6-8-9-10-11-12-13-14-15-16-17-18-19-20-22-30-24-26(31-7-2)25-33-34(28,29)32-23-21-27(3,4)5/h26H,6-25H2,1-5H3/p+1/t26-/m0/s1. The van der Waals surface area contributed by atoms with Crippen molar-refractivity contribution in [2.75, 3.05) is 60.7 Å². The number of phosphoric ester groups is 1. The van der Waals surface area contributed by atoms with Gasteiger partial charge in [-0.2, -0.15) is 0 Å². The van der Waals surface area contributed by atoms with Crippen LogP contribution in [0.4, 0.5) is 0 Å². The topological polar surface area (TPSA) is 74.2 Å². The summed E-state index contributed by atoms with van der Waals surface area (Å²) in [5.74, 6) is 0. The van der Waals surface area contributed by atoms with Gasteiger partial charge in [-0.1, -0.05) is 90.4 Å². The van der Waals surface area contributed by atoms with Crippen molar-refractivity contribution in [2.45, 2.75) is 110 Å². The third-order valence-corrected chi connectivity index (χ3v) is 6.77. The first-order valence-corrected chi connectivity index (χ1v) is 15.3. The molecule has 34 heavy (non-hydrogen) atoms. The monoisotopic (exact) mass is 510 g/mol. The van der Waals surface area contributed by atoms with Crippen LogP contribution in [0.25, 0.3) is 0 Å². The van der Waals surface area contributed by atoms with Crippen molar-refractivity contribution in [3.8, 4) is 0 Å². The van der Waals surface area contributed by atoms with E-state index in [1.165, 1.54) is 83.5 Å². The van der Waals surface area contributed by atoms with Crippen LogP contribution in [0.5, 0.6) is 0 Å². The second-order valence-electron chi connectivity index (χ2n) is 10.4. The zero-order valence-corrected chi connectivity index (χ0v) is 24.0. The third kappa shape index (κ3) is 25.1. The number of unbranched alkanes of at least 4 members (excludes halogenated alkanes) is 13. The lowest BCUT2D eigenvalue weighted by Crippen LogP contribution is -2.37. The number of quaternary nitrogens is 1. The van der Waals surface area contributed by atoms with E-state index in [2.05, 4.69) is 6.92 Å². The van der Waals surface area contributed by atoms with Crippen molar-refractivity contribution >= 4 is 7.82 Å². The van der Waals surface area contributed by atoms with Gasteiger partial charge >= 0.3 is 7.82 Å². The molecule has 0 saturated carbocycles. The second kappa shape index (κ2) is 22.2. The van der Waals surface area contributed by atoms with E-state index in [1.807, 2.05) is 28.1 Å². The van der Waals surface area contributed by atoms with Gasteiger partial charge in [0.25, 0.3) is 0 Å². The van der Waals surface area contributed by atoms with E-state index < -0.39 is 7.82 Å². The van der Waals surface area contributed by atoms with Gasteiger partial charge in [-0.25, -0.2) is 4.57 Å². The number of rotatable bonds is 26. The molecule has 0 rings (SSSR count). The lowest BCUT2D eigenvalue weighted by Gasteiger charge is -2.24. The normalized spacial score (nSPS) is 14.9. The molecular formula is C26H57NO6P+. The molecule has 0 aromatic heterocycles. The Hall–Kier alpha value is -0.0100. The summed E-state index contributed by atoms with van der Waals surface area (Å²) in [5, 5.41) is 0. The molecule has 2 atom stereocenters. The molecule has 0 saturated heterocycles. The van der Waals surface area contributed by atoms with Gasteiger partial charge in [0, 0.05) is 13.2 Å². The SMILES string of the molecule is CCCCCCCCCCCCCCCCOC[C@@H](COP(=O)(O)OCC[N+](C)(C)C)OCC. The Morgan fingerprint density at radius 1 is 0.706 bits per heavy atom. The maximum atomic E-state index is 12.0. The van der Waals surface area contributed by atoms with Crippen molar-refractivity contribution in [2.24, 2.45) is 0 Å². The van der Waals surface area contributed by atoms with E-state index in [4.69, 9.17) is 18.5 Å². The highest BCUT2D eigenvalue weighted by Crippen LogP contribution is 2.43. The molecule has 0 amide bonds. The van der Waals surface area contributed by atoms with E-state index >= 15 is 0 Å². The summed E-state index contributed by atoms with van der Waals surface area (Å²) in [7, 11) is 1.90. The van der Waals surface area contributed by atoms with Crippen molar-refractivity contribution < 1.29 is 32.5 Å². The Morgan fingerprint density at radius 3 is 1.68 bits per heavy atom. The first kappa shape index (κ1) is 34.0. The molecule has 0 aromatic carbocycles.